The zero-order valence-corrected chi connectivity index (χ0v) is 17.9. The van der Waals surface area contributed by atoms with Gasteiger partial charge in [0, 0.05) is 39.8 Å². The zero-order chi connectivity index (χ0) is 24.1. The van der Waals surface area contributed by atoms with E-state index in [0.717, 1.165) is 11.5 Å². The Balaban J connectivity index is 1.65. The predicted octanol–water partition coefficient (Wildman–Crippen LogP) is 5.98. The summed E-state index contributed by atoms with van der Waals surface area (Å²) in [5.74, 6) is -0.767. The summed E-state index contributed by atoms with van der Waals surface area (Å²) in [4.78, 5) is 0. The molecule has 7 nitrogen and oxygen atoms in total. The summed E-state index contributed by atoms with van der Waals surface area (Å²) < 4.78 is 5.75. The minimum absolute atomic E-state index is 0.0122. The van der Waals surface area contributed by atoms with E-state index in [1.54, 1.807) is 31.2 Å². The molecule has 0 fully saturated rings. The molecule has 34 heavy (non-hydrogen) atoms. The predicted molar refractivity (Wildman–Crippen MR) is 127 cm³/mol. The number of hydrogen-bond acceptors (Lipinski definition) is 7. The van der Waals surface area contributed by atoms with Gasteiger partial charge >= 0.3 is 0 Å². The summed E-state index contributed by atoms with van der Waals surface area (Å²) in [6.45, 7) is 1.77. The third kappa shape index (κ3) is 3.49. The molecule has 1 heterocycles. The number of benzene rings is 4. The maximum absolute atomic E-state index is 11.0. The first-order valence-electron chi connectivity index (χ1n) is 10.4. The van der Waals surface area contributed by atoms with Crippen LogP contribution in [0.15, 0.2) is 71.1 Å². The quantitative estimate of drug-likeness (QED) is 0.197. The number of hydrogen-bond donors (Lipinski definition) is 6. The maximum atomic E-state index is 11.0. The van der Waals surface area contributed by atoms with Crippen LogP contribution < -0.4 is 0 Å². The van der Waals surface area contributed by atoms with Crippen LogP contribution in [0.5, 0.6) is 34.5 Å². The van der Waals surface area contributed by atoms with Gasteiger partial charge in [-0.25, -0.2) is 0 Å². The van der Waals surface area contributed by atoms with Crippen LogP contribution in [0, 0.1) is 6.92 Å². The molecule has 6 N–H and O–H groups in total. The molecular formula is C27H20O7. The molecule has 0 unspecified atom stereocenters. The van der Waals surface area contributed by atoms with Crippen molar-refractivity contribution in [2.75, 3.05) is 0 Å². The molecule has 5 aromatic rings. The summed E-state index contributed by atoms with van der Waals surface area (Å²) in [5, 5.41) is 63.0. The molecule has 0 amide bonds. The second-order valence-corrected chi connectivity index (χ2v) is 8.13. The monoisotopic (exact) mass is 456 g/mol. The lowest BCUT2D eigenvalue weighted by Gasteiger charge is -2.16. The Morgan fingerprint density at radius 3 is 1.94 bits per heavy atom. The molecule has 1 aromatic heterocycles. The molecular weight excluding hydrogens is 436 g/mol. The van der Waals surface area contributed by atoms with E-state index in [2.05, 4.69) is 0 Å². The van der Waals surface area contributed by atoms with E-state index < -0.39 is 0 Å². The van der Waals surface area contributed by atoms with Gasteiger partial charge in [-0.2, -0.15) is 0 Å². The Hall–Kier alpha value is -4.78. The lowest BCUT2D eigenvalue weighted by atomic mass is 9.92. The highest BCUT2D eigenvalue weighted by Gasteiger charge is 2.21. The van der Waals surface area contributed by atoms with E-state index in [1.807, 2.05) is 0 Å². The van der Waals surface area contributed by atoms with E-state index >= 15 is 0 Å². The Morgan fingerprint density at radius 1 is 0.588 bits per heavy atom. The van der Waals surface area contributed by atoms with Crippen LogP contribution in [0.1, 0.15) is 5.56 Å². The zero-order valence-electron chi connectivity index (χ0n) is 17.9. The lowest BCUT2D eigenvalue weighted by Crippen LogP contribution is -1.89. The maximum Gasteiger partial charge on any atom is 0.138 e. The first kappa shape index (κ1) is 21.1. The molecule has 0 aliphatic heterocycles. The highest BCUT2D eigenvalue weighted by atomic mass is 16.3. The number of furan rings is 1. The minimum Gasteiger partial charge on any atom is -0.508 e. The average Bonchev–Trinajstić information content (AvgIpc) is 3.19. The van der Waals surface area contributed by atoms with E-state index in [9.17, 15) is 30.6 Å². The molecule has 7 heteroatoms. The standard InChI is InChI=1S/C27H20O7/c1-13-6-19(18-5-4-16(28)11-21(18)30)27(33)20(7-13)26-22(31)8-15(9-23(26)32)24-10-14-2-3-17(29)12-25(14)34-24/h2-12,28-33H,1H3. The van der Waals surface area contributed by atoms with Gasteiger partial charge in [-0.15, -0.1) is 0 Å². The molecule has 0 aliphatic carbocycles. The molecule has 0 radical (unpaired) electrons. The Labute approximate surface area is 193 Å². The van der Waals surface area contributed by atoms with Crippen molar-refractivity contribution in [3.63, 3.8) is 0 Å². The van der Waals surface area contributed by atoms with Crippen molar-refractivity contribution in [1.29, 1.82) is 0 Å². The van der Waals surface area contributed by atoms with Gasteiger partial charge < -0.3 is 35.1 Å². The van der Waals surface area contributed by atoms with Crippen LogP contribution in [0.4, 0.5) is 0 Å². The van der Waals surface area contributed by atoms with Gasteiger partial charge in [0.1, 0.15) is 45.8 Å². The summed E-state index contributed by atoms with van der Waals surface area (Å²) in [6.07, 6.45) is 0. The normalized spacial score (nSPS) is 11.2. The van der Waals surface area contributed by atoms with Crippen LogP contribution in [-0.4, -0.2) is 30.6 Å². The van der Waals surface area contributed by atoms with Gasteiger partial charge in [0.25, 0.3) is 0 Å². The topological polar surface area (TPSA) is 135 Å². The summed E-state index contributed by atoms with van der Waals surface area (Å²) in [7, 11) is 0. The van der Waals surface area contributed by atoms with Gasteiger partial charge in [0.15, 0.2) is 0 Å². The van der Waals surface area contributed by atoms with Crippen LogP contribution in [0.3, 0.4) is 0 Å². The fourth-order valence-electron chi connectivity index (χ4n) is 4.11. The third-order valence-corrected chi connectivity index (χ3v) is 5.68. The molecule has 0 saturated carbocycles. The molecule has 4 aromatic carbocycles. The van der Waals surface area contributed by atoms with Gasteiger partial charge in [-0.05, 0) is 67.1 Å². The first-order valence-corrected chi connectivity index (χ1v) is 10.4. The van der Waals surface area contributed by atoms with Crippen LogP contribution >= 0.6 is 0 Å². The van der Waals surface area contributed by atoms with Gasteiger partial charge in [0.2, 0.25) is 0 Å². The fourth-order valence-corrected chi connectivity index (χ4v) is 4.11. The van der Waals surface area contributed by atoms with Crippen molar-refractivity contribution >= 4 is 11.0 Å². The number of phenols is 6. The minimum atomic E-state index is -0.292. The number of rotatable bonds is 3. The van der Waals surface area contributed by atoms with E-state index in [-0.39, 0.29) is 56.8 Å². The highest BCUT2D eigenvalue weighted by Crippen LogP contribution is 2.49. The summed E-state index contributed by atoms with van der Waals surface area (Å²) >= 11 is 0. The van der Waals surface area contributed by atoms with Crippen molar-refractivity contribution in [2.45, 2.75) is 6.92 Å². The summed E-state index contributed by atoms with van der Waals surface area (Å²) in [6, 6.07) is 16.5. The smallest absolute Gasteiger partial charge is 0.138 e. The van der Waals surface area contributed by atoms with Crippen LogP contribution in [0.2, 0.25) is 0 Å². The van der Waals surface area contributed by atoms with E-state index in [1.165, 1.54) is 36.4 Å². The van der Waals surface area contributed by atoms with Crippen molar-refractivity contribution in [1.82, 2.24) is 0 Å². The van der Waals surface area contributed by atoms with Crippen molar-refractivity contribution in [3.05, 3.63) is 72.3 Å². The van der Waals surface area contributed by atoms with Gasteiger partial charge in [-0.3, -0.25) is 0 Å². The SMILES string of the molecule is Cc1cc(-c2ccc(O)cc2O)c(O)c(-c2c(O)cc(-c3cc4ccc(O)cc4o3)cc2O)c1. The van der Waals surface area contributed by atoms with E-state index in [0.29, 0.717) is 22.5 Å². The number of phenolic OH excluding ortho intramolecular Hbond substituents is 6. The summed E-state index contributed by atoms with van der Waals surface area (Å²) in [5.41, 5.74) is 2.28. The number of fused-ring (bicyclic) bond motifs is 1. The fraction of sp³-hybridized carbons (Fsp3) is 0.0370. The first-order chi connectivity index (χ1) is 16.2. The Kier molecular flexibility index (Phi) is 4.76. The second-order valence-electron chi connectivity index (χ2n) is 8.13. The van der Waals surface area contributed by atoms with Crippen molar-refractivity contribution in [2.24, 2.45) is 0 Å². The molecule has 0 aliphatic rings. The highest BCUT2D eigenvalue weighted by molar-refractivity contribution is 5.91. The van der Waals surface area contributed by atoms with Gasteiger partial charge in [-0.1, -0.05) is 0 Å². The molecule has 0 spiro atoms. The van der Waals surface area contributed by atoms with Crippen LogP contribution in [0.25, 0.3) is 44.5 Å². The Morgan fingerprint density at radius 2 is 1.24 bits per heavy atom. The third-order valence-electron chi connectivity index (χ3n) is 5.68. The average molecular weight is 456 g/mol. The molecule has 0 saturated heterocycles. The van der Waals surface area contributed by atoms with Crippen molar-refractivity contribution < 1.29 is 35.1 Å². The lowest BCUT2D eigenvalue weighted by molar-refractivity contribution is 0.448. The molecule has 170 valence electrons. The number of aromatic hydroxyl groups is 6. The van der Waals surface area contributed by atoms with Gasteiger partial charge in [0.05, 0.1) is 5.56 Å². The largest absolute Gasteiger partial charge is 0.508 e. The molecule has 5 rings (SSSR count). The van der Waals surface area contributed by atoms with E-state index in [4.69, 9.17) is 4.42 Å². The number of aryl methyl sites for hydroxylation is 1. The Bertz CT molecular complexity index is 1560. The molecule has 0 bridgehead atoms. The van der Waals surface area contributed by atoms with Crippen molar-refractivity contribution in [3.8, 4) is 68.1 Å². The molecule has 0 atom stereocenters. The second kappa shape index (κ2) is 7.67. The van der Waals surface area contributed by atoms with Crippen LogP contribution in [-0.2, 0) is 0 Å².